The Hall–Kier alpha value is -2.47. The first-order valence-electron chi connectivity index (χ1n) is 8.05. The summed E-state index contributed by atoms with van der Waals surface area (Å²) in [6, 6.07) is 10.4. The van der Waals surface area contributed by atoms with Crippen molar-refractivity contribution >= 4 is 11.9 Å². The van der Waals surface area contributed by atoms with E-state index in [-0.39, 0.29) is 5.54 Å². The molecule has 0 radical (unpaired) electrons. The molecule has 1 aliphatic rings. The number of ether oxygens (including phenoxy) is 1. The molecule has 24 heavy (non-hydrogen) atoms. The third-order valence-corrected chi connectivity index (χ3v) is 4.59. The predicted octanol–water partition coefficient (Wildman–Crippen LogP) is 2.30. The number of hydrogen-bond donors (Lipinski definition) is 1. The van der Waals surface area contributed by atoms with Gasteiger partial charge in [0.05, 0.1) is 18.2 Å². The highest BCUT2D eigenvalue weighted by atomic mass is 16.5. The Labute approximate surface area is 141 Å². The standard InChI is InChI=1S/C18H22N4O2/c1-22-10-8-18(9-11-22,15-6-4-3-5-7-15)21-17-19-12-14(13-20-17)16(23)24-2/h3-7,12-13H,8-11H2,1-2H3,(H,19,20,21). The summed E-state index contributed by atoms with van der Waals surface area (Å²) in [5.74, 6) is 0.0923. The number of benzene rings is 1. The van der Waals surface area contributed by atoms with Crippen molar-refractivity contribution in [1.29, 1.82) is 0 Å². The summed E-state index contributed by atoms with van der Waals surface area (Å²) in [6.45, 7) is 2.00. The Morgan fingerprint density at radius 3 is 2.38 bits per heavy atom. The molecule has 0 saturated carbocycles. The van der Waals surface area contributed by atoms with E-state index in [1.54, 1.807) is 0 Å². The summed E-state index contributed by atoms with van der Waals surface area (Å²) in [4.78, 5) is 22.4. The van der Waals surface area contributed by atoms with Crippen molar-refractivity contribution < 1.29 is 9.53 Å². The molecule has 0 amide bonds. The average molecular weight is 326 g/mol. The number of hydrogen-bond acceptors (Lipinski definition) is 6. The van der Waals surface area contributed by atoms with Gasteiger partial charge < -0.3 is 15.0 Å². The van der Waals surface area contributed by atoms with E-state index in [9.17, 15) is 4.79 Å². The highest BCUT2D eigenvalue weighted by Gasteiger charge is 2.36. The van der Waals surface area contributed by atoms with Gasteiger partial charge in [0.2, 0.25) is 5.95 Å². The molecule has 2 heterocycles. The fourth-order valence-electron chi connectivity index (χ4n) is 3.07. The van der Waals surface area contributed by atoms with Crippen molar-refractivity contribution in [2.24, 2.45) is 0 Å². The highest BCUT2D eigenvalue weighted by molar-refractivity contribution is 5.88. The van der Waals surface area contributed by atoms with Crippen LogP contribution in [0.5, 0.6) is 0 Å². The number of likely N-dealkylation sites (tertiary alicyclic amines) is 1. The Morgan fingerprint density at radius 2 is 1.79 bits per heavy atom. The van der Waals surface area contributed by atoms with Crippen LogP contribution in [0.2, 0.25) is 0 Å². The fraction of sp³-hybridized carbons (Fsp3) is 0.389. The van der Waals surface area contributed by atoms with Crippen molar-refractivity contribution in [3.05, 3.63) is 53.9 Å². The first kappa shape index (κ1) is 16.4. The number of carbonyl (C=O) groups is 1. The number of esters is 1. The lowest BCUT2D eigenvalue weighted by Crippen LogP contribution is -2.46. The molecule has 0 atom stereocenters. The predicted molar refractivity (Wildman–Crippen MR) is 91.8 cm³/mol. The molecule has 1 saturated heterocycles. The number of carbonyl (C=O) groups excluding carboxylic acids is 1. The number of methoxy groups -OCH3 is 1. The van der Waals surface area contributed by atoms with Crippen molar-refractivity contribution in [2.45, 2.75) is 18.4 Å². The maximum absolute atomic E-state index is 11.5. The van der Waals surface area contributed by atoms with Gasteiger partial charge in [0.1, 0.15) is 0 Å². The number of nitrogens with zero attached hydrogens (tertiary/aromatic N) is 3. The zero-order valence-corrected chi connectivity index (χ0v) is 14.0. The molecule has 1 aromatic heterocycles. The van der Waals surface area contributed by atoms with Crippen LogP contribution in [0.3, 0.4) is 0 Å². The minimum Gasteiger partial charge on any atom is -0.465 e. The van der Waals surface area contributed by atoms with Gasteiger partial charge in [-0.1, -0.05) is 30.3 Å². The molecule has 6 nitrogen and oxygen atoms in total. The Bertz CT molecular complexity index is 680. The topological polar surface area (TPSA) is 67.3 Å². The van der Waals surface area contributed by atoms with Gasteiger partial charge >= 0.3 is 5.97 Å². The largest absolute Gasteiger partial charge is 0.465 e. The molecule has 126 valence electrons. The third kappa shape index (κ3) is 3.38. The van der Waals surface area contributed by atoms with E-state index >= 15 is 0 Å². The van der Waals surface area contributed by atoms with Gasteiger partial charge in [-0.2, -0.15) is 0 Å². The highest BCUT2D eigenvalue weighted by Crippen LogP contribution is 2.35. The molecule has 2 aromatic rings. The Balaban J connectivity index is 1.86. The van der Waals surface area contributed by atoms with E-state index in [0.717, 1.165) is 25.9 Å². The van der Waals surface area contributed by atoms with Crippen LogP contribution in [0.4, 0.5) is 5.95 Å². The zero-order valence-electron chi connectivity index (χ0n) is 14.0. The van der Waals surface area contributed by atoms with Crippen LogP contribution in [-0.2, 0) is 10.3 Å². The van der Waals surface area contributed by atoms with Gasteiger partial charge in [0, 0.05) is 25.5 Å². The monoisotopic (exact) mass is 326 g/mol. The molecule has 1 fully saturated rings. The van der Waals surface area contributed by atoms with Crippen LogP contribution in [0.1, 0.15) is 28.8 Å². The average Bonchev–Trinajstić information content (AvgIpc) is 2.64. The lowest BCUT2D eigenvalue weighted by molar-refractivity contribution is 0.0600. The molecule has 0 bridgehead atoms. The van der Waals surface area contributed by atoms with E-state index in [4.69, 9.17) is 0 Å². The van der Waals surface area contributed by atoms with Crippen molar-refractivity contribution in [3.63, 3.8) is 0 Å². The number of nitrogens with one attached hydrogen (secondary N) is 1. The number of rotatable bonds is 4. The molecule has 1 aliphatic heterocycles. The Kier molecular flexibility index (Phi) is 4.76. The van der Waals surface area contributed by atoms with Crippen LogP contribution in [0, 0.1) is 0 Å². The van der Waals surface area contributed by atoms with Gasteiger partial charge in [-0.25, -0.2) is 14.8 Å². The summed E-state index contributed by atoms with van der Waals surface area (Å²) in [7, 11) is 3.48. The minimum atomic E-state index is -0.432. The summed E-state index contributed by atoms with van der Waals surface area (Å²) in [5, 5.41) is 3.51. The van der Waals surface area contributed by atoms with Gasteiger partial charge in [0.25, 0.3) is 0 Å². The maximum Gasteiger partial charge on any atom is 0.341 e. The normalized spacial score (nSPS) is 17.2. The van der Waals surface area contributed by atoms with Crippen LogP contribution in [-0.4, -0.2) is 48.1 Å². The van der Waals surface area contributed by atoms with Crippen molar-refractivity contribution in [1.82, 2.24) is 14.9 Å². The van der Waals surface area contributed by atoms with Gasteiger partial charge in [-0.05, 0) is 25.5 Å². The lowest BCUT2D eigenvalue weighted by Gasteiger charge is -2.41. The molecule has 6 heteroatoms. The molecule has 0 spiro atoms. The van der Waals surface area contributed by atoms with Gasteiger partial charge in [-0.15, -0.1) is 0 Å². The summed E-state index contributed by atoms with van der Waals surface area (Å²) in [6.07, 6.45) is 4.93. The summed E-state index contributed by atoms with van der Waals surface area (Å²) < 4.78 is 4.68. The molecule has 0 aliphatic carbocycles. The number of anilines is 1. The van der Waals surface area contributed by atoms with E-state index < -0.39 is 5.97 Å². The summed E-state index contributed by atoms with van der Waals surface area (Å²) in [5.41, 5.74) is 1.39. The fourth-order valence-corrected chi connectivity index (χ4v) is 3.07. The van der Waals surface area contributed by atoms with E-state index in [1.807, 2.05) is 6.07 Å². The van der Waals surface area contributed by atoms with Crippen LogP contribution >= 0.6 is 0 Å². The minimum absolute atomic E-state index is 0.194. The van der Waals surface area contributed by atoms with Crippen LogP contribution in [0.25, 0.3) is 0 Å². The van der Waals surface area contributed by atoms with E-state index in [0.29, 0.717) is 11.5 Å². The molecular formula is C18H22N4O2. The number of piperidine rings is 1. The molecular weight excluding hydrogens is 304 g/mol. The smallest absolute Gasteiger partial charge is 0.341 e. The SMILES string of the molecule is COC(=O)c1cnc(NC2(c3ccccc3)CCN(C)CC2)nc1. The van der Waals surface area contributed by atoms with Crippen molar-refractivity contribution in [2.75, 3.05) is 32.6 Å². The first-order valence-corrected chi connectivity index (χ1v) is 8.05. The van der Waals surface area contributed by atoms with E-state index in [1.165, 1.54) is 25.1 Å². The third-order valence-electron chi connectivity index (χ3n) is 4.59. The van der Waals surface area contributed by atoms with Gasteiger partial charge in [0.15, 0.2) is 0 Å². The molecule has 0 unspecified atom stereocenters. The molecule has 1 aromatic carbocycles. The second-order valence-electron chi connectivity index (χ2n) is 6.16. The first-order chi connectivity index (χ1) is 11.6. The lowest BCUT2D eigenvalue weighted by atomic mass is 9.81. The quantitative estimate of drug-likeness (QED) is 0.870. The number of aromatic nitrogens is 2. The second kappa shape index (κ2) is 6.97. The molecule has 1 N–H and O–H groups in total. The van der Waals surface area contributed by atoms with Crippen LogP contribution < -0.4 is 5.32 Å². The van der Waals surface area contributed by atoms with Crippen molar-refractivity contribution in [3.8, 4) is 0 Å². The Morgan fingerprint density at radius 1 is 1.17 bits per heavy atom. The maximum atomic E-state index is 11.5. The second-order valence-corrected chi connectivity index (χ2v) is 6.16. The van der Waals surface area contributed by atoms with E-state index in [2.05, 4.69) is 56.2 Å². The summed E-state index contributed by atoms with van der Waals surface area (Å²) >= 11 is 0. The van der Waals surface area contributed by atoms with Crippen LogP contribution in [0.15, 0.2) is 42.7 Å². The van der Waals surface area contributed by atoms with Gasteiger partial charge in [-0.3, -0.25) is 0 Å². The molecule has 3 rings (SSSR count). The zero-order chi connectivity index (χ0) is 17.0.